The number of carbonyl (C=O) groups is 2. The van der Waals surface area contributed by atoms with E-state index in [1.165, 1.54) is 18.2 Å². The average Bonchev–Trinajstić information content (AvgIpc) is 2.49. The number of aromatic carboxylic acids is 2. The first-order chi connectivity index (χ1) is 10.9. The molecule has 0 heterocycles. The van der Waals surface area contributed by atoms with Gasteiger partial charge in [0.05, 0.1) is 11.1 Å². The molecule has 2 rings (SSSR count). The molecule has 0 aliphatic rings. The number of benzene rings is 2. The van der Waals surface area contributed by atoms with Gasteiger partial charge in [-0.25, -0.2) is 9.59 Å². The van der Waals surface area contributed by atoms with Crippen molar-refractivity contribution in [2.75, 3.05) is 0 Å². The van der Waals surface area contributed by atoms with Crippen LogP contribution in [0.2, 0.25) is 0 Å². The summed E-state index contributed by atoms with van der Waals surface area (Å²) in [5.74, 6) is -2.08. The maximum Gasteiger partial charge on any atom is 0.336 e. The topological polar surface area (TPSA) is 94.8 Å². The minimum atomic E-state index is -1.11. The molecular weight excluding hydrogens is 296 g/mol. The molecule has 0 aliphatic carbocycles. The number of phenols is 1. The van der Waals surface area contributed by atoms with Crippen molar-refractivity contribution in [1.82, 2.24) is 0 Å². The van der Waals surface area contributed by atoms with Crippen LogP contribution in [0.25, 0.3) is 11.1 Å². The summed E-state index contributed by atoms with van der Waals surface area (Å²) in [5.41, 5.74) is 2.26. The highest BCUT2D eigenvalue weighted by molar-refractivity contribution is 6.01. The molecule has 0 amide bonds. The van der Waals surface area contributed by atoms with E-state index in [-0.39, 0.29) is 16.9 Å². The van der Waals surface area contributed by atoms with Gasteiger partial charge in [-0.2, -0.15) is 0 Å². The Morgan fingerprint density at radius 3 is 2.13 bits per heavy atom. The van der Waals surface area contributed by atoms with E-state index in [0.29, 0.717) is 35.1 Å². The van der Waals surface area contributed by atoms with E-state index < -0.39 is 11.9 Å². The van der Waals surface area contributed by atoms with Gasteiger partial charge in [-0.3, -0.25) is 0 Å². The van der Waals surface area contributed by atoms with E-state index >= 15 is 0 Å². The third-order valence-corrected chi connectivity index (χ3v) is 3.76. The fraction of sp³-hybridized carbons (Fsp3) is 0.222. The smallest absolute Gasteiger partial charge is 0.336 e. The van der Waals surface area contributed by atoms with Crippen LogP contribution in [0, 0.1) is 6.92 Å². The maximum atomic E-state index is 11.6. The molecule has 0 radical (unpaired) electrons. The van der Waals surface area contributed by atoms with Gasteiger partial charge in [0.15, 0.2) is 0 Å². The molecule has 0 aliphatic heterocycles. The number of carboxylic acids is 2. The molecule has 0 spiro atoms. The first kappa shape index (κ1) is 16.5. The fourth-order valence-corrected chi connectivity index (χ4v) is 2.68. The van der Waals surface area contributed by atoms with Crippen LogP contribution in [0.4, 0.5) is 0 Å². The Balaban J connectivity index is 2.85. The van der Waals surface area contributed by atoms with Crippen LogP contribution in [0.1, 0.15) is 45.2 Å². The molecule has 0 unspecified atom stereocenters. The standard InChI is InChI=1S/C18H18O5/c1-3-4-12-13(17(20)21)6-7-14(18(22)23)16(12)11-5-8-15(19)10(2)9-11/h5-9,19H,3-4H2,1-2H3,(H,20,21)(H,22,23). The number of hydrogen-bond acceptors (Lipinski definition) is 3. The molecule has 5 nitrogen and oxygen atoms in total. The zero-order chi connectivity index (χ0) is 17.1. The second kappa shape index (κ2) is 6.52. The van der Waals surface area contributed by atoms with Crippen molar-refractivity contribution < 1.29 is 24.9 Å². The zero-order valence-corrected chi connectivity index (χ0v) is 13.0. The lowest BCUT2D eigenvalue weighted by Gasteiger charge is -2.16. The lowest BCUT2D eigenvalue weighted by Crippen LogP contribution is -2.09. The van der Waals surface area contributed by atoms with E-state index in [4.69, 9.17) is 0 Å². The van der Waals surface area contributed by atoms with Crippen LogP contribution < -0.4 is 0 Å². The summed E-state index contributed by atoms with van der Waals surface area (Å²) in [5, 5.41) is 28.6. The summed E-state index contributed by atoms with van der Waals surface area (Å²) in [7, 11) is 0. The van der Waals surface area contributed by atoms with Crippen LogP contribution in [-0.2, 0) is 6.42 Å². The molecule has 0 bridgehead atoms. The number of phenolic OH excluding ortho intramolecular Hbond substituents is 1. The van der Waals surface area contributed by atoms with Crippen LogP contribution >= 0.6 is 0 Å². The molecule has 5 heteroatoms. The molecule has 120 valence electrons. The quantitative estimate of drug-likeness (QED) is 0.782. The molecule has 3 N–H and O–H groups in total. The Morgan fingerprint density at radius 2 is 1.61 bits per heavy atom. The van der Waals surface area contributed by atoms with Crippen molar-refractivity contribution in [1.29, 1.82) is 0 Å². The summed E-state index contributed by atoms with van der Waals surface area (Å²) in [6.07, 6.45) is 1.14. The molecule has 0 saturated heterocycles. The Kier molecular flexibility index (Phi) is 4.69. The SMILES string of the molecule is CCCc1c(C(=O)O)ccc(C(=O)O)c1-c1ccc(O)c(C)c1. The Hall–Kier alpha value is -2.82. The normalized spacial score (nSPS) is 10.5. The van der Waals surface area contributed by atoms with Crippen molar-refractivity contribution in [2.24, 2.45) is 0 Å². The van der Waals surface area contributed by atoms with Gasteiger partial charge in [-0.05, 0) is 54.3 Å². The summed E-state index contributed by atoms with van der Waals surface area (Å²) < 4.78 is 0. The van der Waals surface area contributed by atoms with Crippen LogP contribution in [0.3, 0.4) is 0 Å². The predicted octanol–water partition coefficient (Wildman–Crippen LogP) is 3.72. The van der Waals surface area contributed by atoms with Gasteiger partial charge < -0.3 is 15.3 Å². The van der Waals surface area contributed by atoms with Gasteiger partial charge in [0.2, 0.25) is 0 Å². The lowest BCUT2D eigenvalue weighted by molar-refractivity contribution is 0.0681. The largest absolute Gasteiger partial charge is 0.508 e. The number of carboxylic acid groups (broad SMARTS) is 2. The minimum Gasteiger partial charge on any atom is -0.508 e. The Labute approximate surface area is 133 Å². The van der Waals surface area contributed by atoms with Crippen molar-refractivity contribution in [3.8, 4) is 16.9 Å². The molecule has 23 heavy (non-hydrogen) atoms. The lowest BCUT2D eigenvalue weighted by atomic mass is 9.88. The highest BCUT2D eigenvalue weighted by Gasteiger charge is 2.21. The highest BCUT2D eigenvalue weighted by atomic mass is 16.4. The molecule has 0 fully saturated rings. The molecule has 0 atom stereocenters. The zero-order valence-electron chi connectivity index (χ0n) is 13.0. The Bertz CT molecular complexity index is 777. The number of hydrogen-bond donors (Lipinski definition) is 3. The van der Waals surface area contributed by atoms with E-state index in [1.54, 1.807) is 19.1 Å². The summed E-state index contributed by atoms with van der Waals surface area (Å²) >= 11 is 0. The maximum absolute atomic E-state index is 11.6. The number of aromatic hydroxyl groups is 1. The van der Waals surface area contributed by atoms with E-state index in [2.05, 4.69) is 0 Å². The van der Waals surface area contributed by atoms with Gasteiger partial charge in [0.25, 0.3) is 0 Å². The summed E-state index contributed by atoms with van der Waals surface area (Å²) in [4.78, 5) is 23.1. The second-order valence-electron chi connectivity index (χ2n) is 5.38. The van der Waals surface area contributed by atoms with E-state index in [0.717, 1.165) is 0 Å². The van der Waals surface area contributed by atoms with Gasteiger partial charge in [-0.15, -0.1) is 0 Å². The second-order valence-corrected chi connectivity index (χ2v) is 5.38. The van der Waals surface area contributed by atoms with Crippen LogP contribution in [-0.4, -0.2) is 27.3 Å². The first-order valence-electron chi connectivity index (χ1n) is 7.29. The van der Waals surface area contributed by atoms with Crippen molar-refractivity contribution >= 4 is 11.9 Å². The Morgan fingerprint density at radius 1 is 1.00 bits per heavy atom. The molecule has 0 aromatic heterocycles. The average molecular weight is 314 g/mol. The van der Waals surface area contributed by atoms with Gasteiger partial charge in [0.1, 0.15) is 5.75 Å². The first-order valence-corrected chi connectivity index (χ1v) is 7.29. The van der Waals surface area contributed by atoms with Gasteiger partial charge >= 0.3 is 11.9 Å². The van der Waals surface area contributed by atoms with Crippen LogP contribution in [0.15, 0.2) is 30.3 Å². The van der Waals surface area contributed by atoms with Crippen molar-refractivity contribution in [3.63, 3.8) is 0 Å². The number of rotatable bonds is 5. The summed E-state index contributed by atoms with van der Waals surface area (Å²) in [6, 6.07) is 7.42. The minimum absolute atomic E-state index is 0.0588. The van der Waals surface area contributed by atoms with Gasteiger partial charge in [-0.1, -0.05) is 19.4 Å². The molecule has 0 saturated carbocycles. The van der Waals surface area contributed by atoms with E-state index in [1.807, 2.05) is 6.92 Å². The van der Waals surface area contributed by atoms with E-state index in [9.17, 15) is 24.9 Å². The van der Waals surface area contributed by atoms with Crippen molar-refractivity contribution in [2.45, 2.75) is 26.7 Å². The van der Waals surface area contributed by atoms with Crippen LogP contribution in [0.5, 0.6) is 5.75 Å². The third kappa shape index (κ3) is 3.18. The third-order valence-electron chi connectivity index (χ3n) is 3.76. The van der Waals surface area contributed by atoms with Crippen molar-refractivity contribution in [3.05, 3.63) is 52.6 Å². The van der Waals surface area contributed by atoms with Gasteiger partial charge in [0, 0.05) is 5.56 Å². The fourth-order valence-electron chi connectivity index (χ4n) is 2.68. The molecule has 2 aromatic rings. The molecular formula is C18H18O5. The highest BCUT2D eigenvalue weighted by Crippen LogP contribution is 2.34. The monoisotopic (exact) mass is 314 g/mol. The molecule has 2 aromatic carbocycles. The number of aryl methyl sites for hydroxylation is 1. The predicted molar refractivity (Wildman–Crippen MR) is 86.2 cm³/mol. The summed E-state index contributed by atoms with van der Waals surface area (Å²) in [6.45, 7) is 3.62.